The number of amides is 1. The van der Waals surface area contributed by atoms with E-state index >= 15 is 0 Å². The molecule has 1 fully saturated rings. The van der Waals surface area contributed by atoms with E-state index in [1.54, 1.807) is 0 Å². The van der Waals surface area contributed by atoms with Gasteiger partial charge in [-0.25, -0.2) is 0 Å². The first-order valence-electron chi connectivity index (χ1n) is 9.00. The summed E-state index contributed by atoms with van der Waals surface area (Å²) in [7, 11) is 0. The number of ether oxygens (including phenoxy) is 2. The molecule has 4 rings (SSSR count). The van der Waals surface area contributed by atoms with Crippen LogP contribution in [0.15, 0.2) is 48.5 Å². The van der Waals surface area contributed by atoms with Crippen LogP contribution in [0.2, 0.25) is 0 Å². The summed E-state index contributed by atoms with van der Waals surface area (Å²) in [6.45, 7) is 1.85. The first-order chi connectivity index (χ1) is 12.3. The minimum Gasteiger partial charge on any atom is -0.486 e. The molecule has 1 aliphatic heterocycles. The van der Waals surface area contributed by atoms with Crippen molar-refractivity contribution in [3.63, 3.8) is 0 Å². The number of carbonyl (C=O) groups is 1. The van der Waals surface area contributed by atoms with Gasteiger partial charge >= 0.3 is 0 Å². The first kappa shape index (κ1) is 16.0. The van der Waals surface area contributed by atoms with Crippen molar-refractivity contribution >= 4 is 5.91 Å². The highest BCUT2D eigenvalue weighted by molar-refractivity contribution is 5.94. The van der Waals surface area contributed by atoms with Gasteiger partial charge < -0.3 is 14.8 Å². The van der Waals surface area contributed by atoms with E-state index in [1.807, 2.05) is 36.4 Å². The smallest absolute Gasteiger partial charge is 0.251 e. The summed E-state index contributed by atoms with van der Waals surface area (Å²) in [5, 5.41) is 3.15. The molecule has 4 nitrogen and oxygen atoms in total. The minimum absolute atomic E-state index is 0.00980. The van der Waals surface area contributed by atoms with Crippen LogP contribution in [0.4, 0.5) is 0 Å². The van der Waals surface area contributed by atoms with Gasteiger partial charge in [-0.15, -0.1) is 0 Å². The monoisotopic (exact) mass is 337 g/mol. The molecular weight excluding hydrogens is 314 g/mol. The van der Waals surface area contributed by atoms with Crippen molar-refractivity contribution in [3.05, 3.63) is 59.7 Å². The van der Waals surface area contributed by atoms with Crippen molar-refractivity contribution in [2.45, 2.75) is 31.1 Å². The summed E-state index contributed by atoms with van der Waals surface area (Å²) in [5.74, 6) is 1.63. The van der Waals surface area contributed by atoms with Gasteiger partial charge in [0.15, 0.2) is 11.5 Å². The van der Waals surface area contributed by atoms with Crippen molar-refractivity contribution in [1.82, 2.24) is 5.32 Å². The predicted octanol–water partition coefficient (Wildman–Crippen LogP) is 3.70. The highest BCUT2D eigenvalue weighted by Crippen LogP contribution is 2.43. The van der Waals surface area contributed by atoms with Gasteiger partial charge in [-0.3, -0.25) is 4.79 Å². The van der Waals surface area contributed by atoms with Crippen molar-refractivity contribution in [1.29, 1.82) is 0 Å². The van der Waals surface area contributed by atoms with Crippen molar-refractivity contribution < 1.29 is 14.3 Å². The fraction of sp³-hybridized carbons (Fsp3) is 0.381. The Morgan fingerprint density at radius 2 is 1.68 bits per heavy atom. The third-order valence-electron chi connectivity index (χ3n) is 5.34. The van der Waals surface area contributed by atoms with Crippen molar-refractivity contribution in [3.8, 4) is 11.5 Å². The quantitative estimate of drug-likeness (QED) is 0.925. The van der Waals surface area contributed by atoms with E-state index in [2.05, 4.69) is 17.4 Å². The van der Waals surface area contributed by atoms with Crippen LogP contribution in [-0.4, -0.2) is 25.7 Å². The van der Waals surface area contributed by atoms with E-state index in [0.717, 1.165) is 24.3 Å². The molecule has 1 N–H and O–H groups in total. The molecule has 0 radical (unpaired) electrons. The lowest BCUT2D eigenvalue weighted by molar-refractivity contribution is 0.0943. The fourth-order valence-electron chi connectivity index (χ4n) is 3.93. The Balaban J connectivity index is 1.55. The summed E-state index contributed by atoms with van der Waals surface area (Å²) in [5.41, 5.74) is 1.93. The van der Waals surface area contributed by atoms with E-state index in [0.29, 0.717) is 25.3 Å². The van der Waals surface area contributed by atoms with Gasteiger partial charge in [0.05, 0.1) is 0 Å². The van der Waals surface area contributed by atoms with Crippen LogP contribution in [0, 0.1) is 0 Å². The lowest BCUT2D eigenvalue weighted by Crippen LogP contribution is -2.39. The van der Waals surface area contributed by atoms with Gasteiger partial charge in [0.1, 0.15) is 13.2 Å². The first-order valence-corrected chi connectivity index (χ1v) is 9.00. The molecule has 0 atom stereocenters. The average Bonchev–Trinajstić information content (AvgIpc) is 3.16. The molecule has 130 valence electrons. The molecule has 1 heterocycles. The van der Waals surface area contributed by atoms with Gasteiger partial charge in [-0.2, -0.15) is 0 Å². The Morgan fingerprint density at radius 1 is 0.960 bits per heavy atom. The molecule has 0 spiro atoms. The Morgan fingerprint density at radius 3 is 2.44 bits per heavy atom. The van der Waals surface area contributed by atoms with Gasteiger partial charge in [0, 0.05) is 17.5 Å². The summed E-state index contributed by atoms with van der Waals surface area (Å²) in [6.07, 6.45) is 4.55. The predicted molar refractivity (Wildman–Crippen MR) is 96.4 cm³/mol. The van der Waals surface area contributed by atoms with Crippen LogP contribution in [0.1, 0.15) is 41.6 Å². The summed E-state index contributed by atoms with van der Waals surface area (Å²) in [6, 6.07) is 15.6. The molecule has 1 saturated carbocycles. The molecule has 0 saturated heterocycles. The number of rotatable bonds is 4. The highest BCUT2D eigenvalue weighted by atomic mass is 16.6. The number of carbonyl (C=O) groups excluding carboxylic acids is 1. The average molecular weight is 337 g/mol. The zero-order valence-corrected chi connectivity index (χ0v) is 14.3. The molecule has 0 bridgehead atoms. The Bertz CT molecular complexity index is 751. The van der Waals surface area contributed by atoms with Gasteiger partial charge in [-0.05, 0) is 42.7 Å². The Labute approximate surface area is 148 Å². The normalized spacial score (nSPS) is 17.9. The summed E-state index contributed by atoms with van der Waals surface area (Å²) >= 11 is 0. The van der Waals surface area contributed by atoms with E-state index < -0.39 is 0 Å². The minimum atomic E-state index is -0.0136. The van der Waals surface area contributed by atoms with Crippen LogP contribution in [0.3, 0.4) is 0 Å². The van der Waals surface area contributed by atoms with E-state index in [1.165, 1.54) is 18.4 Å². The molecule has 2 aromatic carbocycles. The topological polar surface area (TPSA) is 47.6 Å². The number of fused-ring (bicyclic) bond motifs is 1. The number of hydrogen-bond donors (Lipinski definition) is 1. The molecule has 1 amide bonds. The van der Waals surface area contributed by atoms with E-state index in [9.17, 15) is 4.79 Å². The summed E-state index contributed by atoms with van der Waals surface area (Å²) in [4.78, 5) is 12.5. The van der Waals surface area contributed by atoms with E-state index in [4.69, 9.17) is 9.47 Å². The third-order valence-corrected chi connectivity index (χ3v) is 5.34. The van der Waals surface area contributed by atoms with Crippen LogP contribution in [0.25, 0.3) is 0 Å². The number of nitrogens with one attached hydrogen (secondary N) is 1. The van der Waals surface area contributed by atoms with Crippen molar-refractivity contribution in [2.24, 2.45) is 0 Å². The van der Waals surface area contributed by atoms with Crippen LogP contribution in [-0.2, 0) is 5.41 Å². The van der Waals surface area contributed by atoms with Crippen LogP contribution < -0.4 is 14.8 Å². The Kier molecular flexibility index (Phi) is 4.35. The maximum absolute atomic E-state index is 12.5. The number of hydrogen-bond acceptors (Lipinski definition) is 3. The standard InChI is InChI=1S/C21H23NO3/c23-20(16-6-2-1-3-7-16)22-15-21(10-4-5-11-21)17-8-9-18-19(14-17)25-13-12-24-18/h1-3,6-9,14H,4-5,10-13,15H2,(H,22,23). The lowest BCUT2D eigenvalue weighted by atomic mass is 9.78. The highest BCUT2D eigenvalue weighted by Gasteiger charge is 2.36. The SMILES string of the molecule is O=C(NCC1(c2ccc3c(c2)OCCO3)CCCC1)c1ccccc1. The Hall–Kier alpha value is -2.49. The second-order valence-electron chi connectivity index (χ2n) is 6.89. The lowest BCUT2D eigenvalue weighted by Gasteiger charge is -2.31. The van der Waals surface area contributed by atoms with Gasteiger partial charge in [0.25, 0.3) is 5.91 Å². The third kappa shape index (κ3) is 3.21. The van der Waals surface area contributed by atoms with Crippen LogP contribution in [0.5, 0.6) is 11.5 Å². The largest absolute Gasteiger partial charge is 0.486 e. The second kappa shape index (κ2) is 6.79. The fourth-order valence-corrected chi connectivity index (χ4v) is 3.93. The molecule has 25 heavy (non-hydrogen) atoms. The van der Waals surface area contributed by atoms with Gasteiger partial charge in [0.2, 0.25) is 0 Å². The molecule has 0 aromatic heterocycles. The molecular formula is C21H23NO3. The zero-order valence-electron chi connectivity index (χ0n) is 14.3. The van der Waals surface area contributed by atoms with E-state index in [-0.39, 0.29) is 11.3 Å². The second-order valence-corrected chi connectivity index (χ2v) is 6.89. The summed E-state index contributed by atoms with van der Waals surface area (Å²) < 4.78 is 11.4. The maximum Gasteiger partial charge on any atom is 0.251 e. The maximum atomic E-state index is 12.5. The molecule has 1 aliphatic carbocycles. The zero-order chi connectivity index (χ0) is 17.1. The van der Waals surface area contributed by atoms with Gasteiger partial charge in [-0.1, -0.05) is 37.1 Å². The number of benzene rings is 2. The van der Waals surface area contributed by atoms with Crippen LogP contribution >= 0.6 is 0 Å². The van der Waals surface area contributed by atoms with Crippen molar-refractivity contribution in [2.75, 3.05) is 19.8 Å². The molecule has 2 aromatic rings. The molecule has 0 unspecified atom stereocenters. The molecule has 4 heteroatoms. The molecule has 2 aliphatic rings.